The van der Waals surface area contributed by atoms with Crippen molar-refractivity contribution in [2.24, 2.45) is 0 Å². The molecule has 0 saturated carbocycles. The molecule has 0 fully saturated rings. The highest BCUT2D eigenvalue weighted by molar-refractivity contribution is 7.50. The van der Waals surface area contributed by atoms with Crippen molar-refractivity contribution in [1.82, 2.24) is 0 Å². The second-order valence-electron chi connectivity index (χ2n) is 4.89. The molecule has 0 spiro atoms. The van der Waals surface area contributed by atoms with E-state index in [1.54, 1.807) is 0 Å². The van der Waals surface area contributed by atoms with Crippen LogP contribution in [-0.4, -0.2) is 13.3 Å². The van der Waals surface area contributed by atoms with Crippen LogP contribution >= 0.6 is 22.2 Å². The zero-order valence-corrected chi connectivity index (χ0v) is 14.4. The molecule has 1 aromatic carbocycles. The van der Waals surface area contributed by atoms with Crippen LogP contribution in [0.5, 0.6) is 5.75 Å². The lowest BCUT2D eigenvalue weighted by Crippen LogP contribution is -2.36. The van der Waals surface area contributed by atoms with E-state index < -0.39 is 6.69 Å². The lowest BCUT2D eigenvalue weighted by molar-refractivity contribution is 0.317. The maximum absolute atomic E-state index is 6.56. The molecule has 0 aliphatic heterocycles. The van der Waals surface area contributed by atoms with Crippen molar-refractivity contribution < 1.29 is 4.74 Å². The van der Waals surface area contributed by atoms with E-state index in [0.717, 1.165) is 36.4 Å². The molecule has 1 nitrogen and oxygen atoms in total. The topological polar surface area (TPSA) is 9.23 Å². The second kappa shape index (κ2) is 8.88. The molecular formula is C15H24Cl2OSi. The van der Waals surface area contributed by atoms with E-state index in [9.17, 15) is 0 Å². The minimum Gasteiger partial charge on any atom is -0.494 e. The van der Waals surface area contributed by atoms with Crippen molar-refractivity contribution >= 4 is 34.0 Å². The summed E-state index contributed by atoms with van der Waals surface area (Å²) in [7, 11) is 0. The van der Waals surface area contributed by atoms with Gasteiger partial charge in [0.2, 0.25) is 0 Å². The molecule has 1 aromatic rings. The van der Waals surface area contributed by atoms with E-state index in [4.69, 9.17) is 26.9 Å². The smallest absolute Gasteiger partial charge is 0.280 e. The molecular weight excluding hydrogens is 295 g/mol. The van der Waals surface area contributed by atoms with Gasteiger partial charge in [0.25, 0.3) is 6.69 Å². The molecule has 0 aliphatic rings. The van der Waals surface area contributed by atoms with Crippen molar-refractivity contribution in [2.45, 2.75) is 52.0 Å². The summed E-state index contributed by atoms with van der Waals surface area (Å²) in [6.07, 6.45) is 5.87. The van der Waals surface area contributed by atoms with Crippen LogP contribution in [-0.2, 0) is 0 Å². The normalized spacial score (nSPS) is 11.6. The van der Waals surface area contributed by atoms with Crippen LogP contribution in [0.25, 0.3) is 0 Å². The number of hydrogen-bond donors (Lipinski definition) is 0. The van der Waals surface area contributed by atoms with Crippen LogP contribution in [0.15, 0.2) is 24.3 Å². The third-order valence-corrected chi connectivity index (χ3v) is 7.70. The Morgan fingerprint density at radius 1 is 0.947 bits per heavy atom. The maximum Gasteiger partial charge on any atom is 0.280 e. The van der Waals surface area contributed by atoms with Gasteiger partial charge in [-0.25, -0.2) is 0 Å². The fraction of sp³-hybridized carbons (Fsp3) is 0.600. The van der Waals surface area contributed by atoms with E-state index in [1.165, 1.54) is 19.3 Å². The van der Waals surface area contributed by atoms with E-state index >= 15 is 0 Å². The van der Waals surface area contributed by atoms with Gasteiger partial charge >= 0.3 is 0 Å². The first-order chi connectivity index (χ1) is 9.10. The number of ether oxygens (including phenoxy) is 1. The summed E-state index contributed by atoms with van der Waals surface area (Å²) in [6.45, 7) is 2.76. The van der Waals surface area contributed by atoms with Crippen molar-refractivity contribution in [3.63, 3.8) is 0 Å². The number of halogens is 2. The quantitative estimate of drug-likeness (QED) is 0.346. The standard InChI is InChI=1S/C15H24Cl2OSi/c1-3-5-6-7-13-19(16,17)15-10-8-14(9-11-15)18-12-4-2/h8-11H,3-7,12-13H2,1-2H3. The van der Waals surface area contributed by atoms with E-state index in [2.05, 4.69) is 13.8 Å². The Hall–Kier alpha value is -0.183. The molecule has 0 unspecified atom stereocenters. The summed E-state index contributed by atoms with van der Waals surface area (Å²) in [5, 5.41) is 1.09. The Morgan fingerprint density at radius 3 is 2.21 bits per heavy atom. The summed E-state index contributed by atoms with van der Waals surface area (Å²) in [5.41, 5.74) is 0. The first-order valence-corrected chi connectivity index (χ1v) is 11.4. The molecule has 0 heterocycles. The fourth-order valence-corrected chi connectivity index (χ4v) is 5.13. The minimum absolute atomic E-state index is 0.751. The molecule has 0 aromatic heterocycles. The molecule has 108 valence electrons. The molecule has 0 amide bonds. The number of unbranched alkanes of at least 4 members (excludes halogenated alkanes) is 3. The molecule has 0 radical (unpaired) electrons. The second-order valence-corrected chi connectivity index (χ2v) is 11.8. The lowest BCUT2D eigenvalue weighted by atomic mass is 10.2. The molecule has 19 heavy (non-hydrogen) atoms. The predicted octanol–water partition coefficient (Wildman–Crippen LogP) is 5.18. The van der Waals surface area contributed by atoms with Gasteiger partial charge < -0.3 is 4.74 Å². The highest BCUT2D eigenvalue weighted by Gasteiger charge is 2.30. The van der Waals surface area contributed by atoms with Crippen molar-refractivity contribution in [1.29, 1.82) is 0 Å². The summed E-state index contributed by atoms with van der Waals surface area (Å²) in [5.74, 6) is 0.898. The summed E-state index contributed by atoms with van der Waals surface area (Å²) >= 11 is 13.1. The summed E-state index contributed by atoms with van der Waals surface area (Å²) in [4.78, 5) is 0. The molecule has 1 rings (SSSR count). The third-order valence-electron chi connectivity index (χ3n) is 3.09. The van der Waals surface area contributed by atoms with E-state index in [-0.39, 0.29) is 0 Å². The van der Waals surface area contributed by atoms with Crippen LogP contribution in [0, 0.1) is 0 Å². The highest BCUT2D eigenvalue weighted by atomic mass is 35.7. The largest absolute Gasteiger partial charge is 0.494 e. The minimum atomic E-state index is -2.29. The molecule has 0 saturated heterocycles. The Morgan fingerprint density at radius 2 is 1.63 bits per heavy atom. The van der Waals surface area contributed by atoms with Crippen molar-refractivity contribution in [3.05, 3.63) is 24.3 Å². The van der Waals surface area contributed by atoms with Gasteiger partial charge in [0.05, 0.1) is 6.61 Å². The third kappa shape index (κ3) is 6.20. The maximum atomic E-state index is 6.56. The van der Waals surface area contributed by atoms with E-state index in [0.29, 0.717) is 0 Å². The Kier molecular flexibility index (Phi) is 7.89. The summed E-state index contributed by atoms with van der Waals surface area (Å²) in [6, 6.07) is 8.94. The Bertz CT molecular complexity index is 352. The average molecular weight is 319 g/mol. The van der Waals surface area contributed by atoms with Gasteiger partial charge in [-0.2, -0.15) is 0 Å². The highest BCUT2D eigenvalue weighted by Crippen LogP contribution is 2.24. The summed E-state index contributed by atoms with van der Waals surface area (Å²) < 4.78 is 5.57. The van der Waals surface area contributed by atoms with Gasteiger partial charge in [-0.15, -0.1) is 22.2 Å². The predicted molar refractivity (Wildman–Crippen MR) is 88.3 cm³/mol. The Balaban J connectivity index is 2.52. The van der Waals surface area contributed by atoms with Crippen LogP contribution in [0.1, 0.15) is 46.0 Å². The van der Waals surface area contributed by atoms with Gasteiger partial charge in [-0.1, -0.05) is 51.7 Å². The Labute approximate surface area is 127 Å². The zero-order valence-electron chi connectivity index (χ0n) is 11.9. The lowest BCUT2D eigenvalue weighted by Gasteiger charge is -2.17. The monoisotopic (exact) mass is 318 g/mol. The average Bonchev–Trinajstić information content (AvgIpc) is 2.42. The van der Waals surface area contributed by atoms with Crippen LogP contribution in [0.4, 0.5) is 0 Å². The molecule has 0 aliphatic carbocycles. The fourth-order valence-electron chi connectivity index (χ4n) is 1.93. The van der Waals surface area contributed by atoms with Crippen molar-refractivity contribution in [2.75, 3.05) is 6.61 Å². The van der Waals surface area contributed by atoms with Gasteiger partial charge in [-0.05, 0) is 29.8 Å². The molecule has 0 N–H and O–H groups in total. The van der Waals surface area contributed by atoms with Gasteiger partial charge in [0.1, 0.15) is 5.75 Å². The van der Waals surface area contributed by atoms with Crippen molar-refractivity contribution in [3.8, 4) is 5.75 Å². The van der Waals surface area contributed by atoms with E-state index in [1.807, 2.05) is 24.3 Å². The van der Waals surface area contributed by atoms with Crippen LogP contribution < -0.4 is 9.92 Å². The van der Waals surface area contributed by atoms with Crippen LogP contribution in [0.2, 0.25) is 6.04 Å². The van der Waals surface area contributed by atoms with Gasteiger partial charge in [0.15, 0.2) is 0 Å². The molecule has 0 bridgehead atoms. The molecule has 4 heteroatoms. The first kappa shape index (κ1) is 16.9. The number of rotatable bonds is 9. The zero-order chi connectivity index (χ0) is 14.1. The van der Waals surface area contributed by atoms with Gasteiger partial charge in [0, 0.05) is 0 Å². The SMILES string of the molecule is CCCCCC[Si](Cl)(Cl)c1ccc(OCCC)cc1. The van der Waals surface area contributed by atoms with Gasteiger partial charge in [-0.3, -0.25) is 0 Å². The number of benzene rings is 1. The molecule has 0 atom stereocenters. The van der Waals surface area contributed by atoms with Crippen LogP contribution in [0.3, 0.4) is 0 Å². The first-order valence-electron chi connectivity index (χ1n) is 7.21. The number of hydrogen-bond acceptors (Lipinski definition) is 1.